The van der Waals surface area contributed by atoms with E-state index in [1.165, 1.54) is 24.3 Å². The second kappa shape index (κ2) is 9.67. The fourth-order valence-corrected chi connectivity index (χ4v) is 5.34. The third kappa shape index (κ3) is 5.55. The molecule has 2 aromatic heterocycles. The van der Waals surface area contributed by atoms with Crippen molar-refractivity contribution in [2.24, 2.45) is 5.92 Å². The quantitative estimate of drug-likeness (QED) is 0.551. The number of nitrogens with one attached hydrogen (secondary N) is 2. The zero-order valence-electron chi connectivity index (χ0n) is 17.9. The van der Waals surface area contributed by atoms with Crippen molar-refractivity contribution in [1.82, 2.24) is 14.9 Å². The van der Waals surface area contributed by atoms with E-state index in [1.807, 2.05) is 34.4 Å². The maximum absolute atomic E-state index is 12.8. The van der Waals surface area contributed by atoms with E-state index in [0.717, 1.165) is 42.7 Å². The Kier molecular flexibility index (Phi) is 6.70. The van der Waals surface area contributed by atoms with Gasteiger partial charge in [0.05, 0.1) is 15.7 Å². The van der Waals surface area contributed by atoms with Crippen molar-refractivity contribution < 1.29 is 18.0 Å². The minimum Gasteiger partial charge on any atom is -0.354 e. The van der Waals surface area contributed by atoms with Crippen molar-refractivity contribution in [3.05, 3.63) is 53.9 Å². The van der Waals surface area contributed by atoms with Gasteiger partial charge in [-0.1, -0.05) is 6.07 Å². The molecule has 1 aliphatic rings. The largest absolute Gasteiger partial charge is 0.354 e. The van der Waals surface area contributed by atoms with E-state index in [4.69, 9.17) is 0 Å². The van der Waals surface area contributed by atoms with Crippen LogP contribution in [-0.4, -0.2) is 43.5 Å². The molecule has 0 radical (unpaired) electrons. The molecule has 0 spiro atoms. The molecule has 1 unspecified atom stereocenters. The maximum atomic E-state index is 12.8. The van der Waals surface area contributed by atoms with E-state index < -0.39 is 15.9 Å². The lowest BCUT2D eigenvalue weighted by atomic mass is 9.97. The third-order valence-corrected chi connectivity index (χ3v) is 7.59. The predicted molar refractivity (Wildman–Crippen MR) is 126 cm³/mol. The highest BCUT2D eigenvalue weighted by Crippen LogP contribution is 2.26. The number of anilines is 2. The molecule has 1 saturated heterocycles. The van der Waals surface area contributed by atoms with Crippen molar-refractivity contribution >= 4 is 44.7 Å². The SMILES string of the molecule is CC(=O)NS(=O)(=O)c1ccc(NC(=O)C2CCCN(c3ccc(-c4cccs4)nn3)C2)cc1. The van der Waals surface area contributed by atoms with Crippen molar-refractivity contribution in [1.29, 1.82) is 0 Å². The minimum atomic E-state index is -3.91. The van der Waals surface area contributed by atoms with Crippen LogP contribution in [0.1, 0.15) is 19.8 Å². The van der Waals surface area contributed by atoms with Crippen LogP contribution >= 0.6 is 11.3 Å². The highest BCUT2D eigenvalue weighted by atomic mass is 32.2. The second-order valence-electron chi connectivity index (χ2n) is 7.71. The van der Waals surface area contributed by atoms with Crippen LogP contribution in [0, 0.1) is 5.92 Å². The summed E-state index contributed by atoms with van der Waals surface area (Å²) in [6.45, 7) is 2.45. The molecule has 1 aromatic carbocycles. The Labute approximate surface area is 195 Å². The summed E-state index contributed by atoms with van der Waals surface area (Å²) in [6, 6.07) is 13.5. The summed E-state index contributed by atoms with van der Waals surface area (Å²) in [6.07, 6.45) is 1.60. The number of piperidine rings is 1. The van der Waals surface area contributed by atoms with Crippen LogP contribution in [0.2, 0.25) is 0 Å². The predicted octanol–water partition coefficient (Wildman–Crippen LogP) is 2.89. The van der Waals surface area contributed by atoms with Gasteiger partial charge in [0.1, 0.15) is 5.69 Å². The normalized spacial score (nSPS) is 16.3. The van der Waals surface area contributed by atoms with Gasteiger partial charge in [0, 0.05) is 25.7 Å². The average Bonchev–Trinajstić information content (AvgIpc) is 3.34. The summed E-state index contributed by atoms with van der Waals surface area (Å²) in [4.78, 5) is 27.0. The van der Waals surface area contributed by atoms with Gasteiger partial charge in [-0.3, -0.25) is 9.59 Å². The highest BCUT2D eigenvalue weighted by Gasteiger charge is 2.27. The molecule has 4 rings (SSSR count). The monoisotopic (exact) mass is 485 g/mol. The molecule has 2 N–H and O–H groups in total. The Morgan fingerprint density at radius 1 is 1.09 bits per heavy atom. The second-order valence-corrected chi connectivity index (χ2v) is 10.3. The molecule has 11 heteroatoms. The fraction of sp³-hybridized carbons (Fsp3) is 0.273. The van der Waals surface area contributed by atoms with Crippen LogP contribution in [0.3, 0.4) is 0 Å². The first-order valence-corrected chi connectivity index (χ1v) is 12.7. The molecule has 0 aliphatic carbocycles. The first-order valence-electron chi connectivity index (χ1n) is 10.4. The number of nitrogens with zero attached hydrogens (tertiary/aromatic N) is 3. The summed E-state index contributed by atoms with van der Waals surface area (Å²) in [5, 5.41) is 13.5. The van der Waals surface area contributed by atoms with Gasteiger partial charge in [-0.25, -0.2) is 13.1 Å². The Balaban J connectivity index is 1.38. The summed E-state index contributed by atoms with van der Waals surface area (Å²) in [5.41, 5.74) is 1.31. The number of carbonyl (C=O) groups excluding carboxylic acids is 2. The molecule has 0 saturated carbocycles. The molecule has 1 atom stereocenters. The molecular weight excluding hydrogens is 462 g/mol. The first-order chi connectivity index (χ1) is 15.8. The molecule has 3 heterocycles. The molecule has 9 nitrogen and oxygen atoms in total. The zero-order chi connectivity index (χ0) is 23.4. The van der Waals surface area contributed by atoms with Crippen LogP contribution < -0.4 is 14.9 Å². The van der Waals surface area contributed by atoms with E-state index in [9.17, 15) is 18.0 Å². The van der Waals surface area contributed by atoms with Crippen LogP contribution in [0.25, 0.3) is 10.6 Å². The Morgan fingerprint density at radius 2 is 1.88 bits per heavy atom. The van der Waals surface area contributed by atoms with Crippen LogP contribution in [0.15, 0.2) is 58.8 Å². The van der Waals surface area contributed by atoms with Gasteiger partial charge in [-0.15, -0.1) is 21.5 Å². The smallest absolute Gasteiger partial charge is 0.264 e. The minimum absolute atomic E-state index is 0.0517. The lowest BCUT2D eigenvalue weighted by Crippen LogP contribution is -2.41. The topological polar surface area (TPSA) is 121 Å². The van der Waals surface area contributed by atoms with E-state index in [1.54, 1.807) is 11.3 Å². The van der Waals surface area contributed by atoms with Gasteiger partial charge in [0.15, 0.2) is 5.82 Å². The summed E-state index contributed by atoms with van der Waals surface area (Å²) < 4.78 is 26.0. The summed E-state index contributed by atoms with van der Waals surface area (Å²) in [7, 11) is -3.91. The van der Waals surface area contributed by atoms with Crippen molar-refractivity contribution in [2.75, 3.05) is 23.3 Å². The standard InChI is InChI=1S/C22H23N5O4S2/c1-15(28)26-33(30,31)18-8-6-17(7-9-18)23-22(29)16-4-2-12-27(14-16)21-11-10-19(24-25-21)20-5-3-13-32-20/h3,5-11,13,16H,2,4,12,14H2,1H3,(H,23,29)(H,26,28). The van der Waals surface area contributed by atoms with E-state index in [0.29, 0.717) is 12.2 Å². The van der Waals surface area contributed by atoms with Gasteiger partial charge < -0.3 is 10.2 Å². The average molecular weight is 486 g/mol. The number of amides is 2. The Morgan fingerprint density at radius 3 is 2.52 bits per heavy atom. The van der Waals surface area contributed by atoms with Crippen molar-refractivity contribution in [2.45, 2.75) is 24.7 Å². The first kappa shape index (κ1) is 22.9. The number of aromatic nitrogens is 2. The Hall–Kier alpha value is -3.31. The van der Waals surface area contributed by atoms with Crippen LogP contribution in [-0.2, 0) is 19.6 Å². The molecule has 3 aromatic rings. The number of hydrogen-bond acceptors (Lipinski definition) is 8. The molecule has 0 bridgehead atoms. The van der Waals surface area contributed by atoms with E-state index in [-0.39, 0.29) is 16.7 Å². The highest BCUT2D eigenvalue weighted by molar-refractivity contribution is 7.90. The summed E-state index contributed by atoms with van der Waals surface area (Å²) >= 11 is 1.61. The zero-order valence-corrected chi connectivity index (χ0v) is 19.5. The Bertz CT molecular complexity index is 1230. The van der Waals surface area contributed by atoms with E-state index in [2.05, 4.69) is 20.4 Å². The van der Waals surface area contributed by atoms with Gasteiger partial charge in [0.2, 0.25) is 11.8 Å². The molecule has 172 valence electrons. The molecular formula is C22H23N5O4S2. The van der Waals surface area contributed by atoms with Gasteiger partial charge >= 0.3 is 0 Å². The van der Waals surface area contributed by atoms with Crippen LogP contribution in [0.5, 0.6) is 0 Å². The number of carbonyl (C=O) groups is 2. The van der Waals surface area contributed by atoms with Gasteiger partial charge in [0.25, 0.3) is 10.0 Å². The number of rotatable bonds is 6. The molecule has 1 fully saturated rings. The van der Waals surface area contributed by atoms with Crippen LogP contribution in [0.4, 0.5) is 11.5 Å². The fourth-order valence-electron chi connectivity index (χ4n) is 3.66. The summed E-state index contributed by atoms with van der Waals surface area (Å²) in [5.74, 6) is -0.305. The molecule has 1 aliphatic heterocycles. The van der Waals surface area contributed by atoms with Crippen molar-refractivity contribution in [3.8, 4) is 10.6 Å². The molecule has 33 heavy (non-hydrogen) atoms. The maximum Gasteiger partial charge on any atom is 0.264 e. The van der Waals surface area contributed by atoms with Gasteiger partial charge in [-0.2, -0.15) is 0 Å². The number of benzene rings is 1. The number of thiophene rings is 1. The lowest BCUT2D eigenvalue weighted by Gasteiger charge is -2.32. The third-order valence-electron chi connectivity index (χ3n) is 5.25. The number of hydrogen-bond donors (Lipinski definition) is 2. The lowest BCUT2D eigenvalue weighted by molar-refractivity contribution is -0.120. The van der Waals surface area contributed by atoms with Gasteiger partial charge in [-0.05, 0) is 60.7 Å². The van der Waals surface area contributed by atoms with Crippen molar-refractivity contribution in [3.63, 3.8) is 0 Å². The molecule has 2 amide bonds. The number of sulfonamides is 1. The van der Waals surface area contributed by atoms with E-state index >= 15 is 0 Å².